The lowest BCUT2D eigenvalue weighted by molar-refractivity contribution is -0.402. The molecule has 2 aromatic heterocycles. The Bertz CT molecular complexity index is 504. The minimum Gasteiger partial charge on any atom is -0.404 e. The molecule has 16 heavy (non-hydrogen) atoms. The second-order valence-electron chi connectivity index (χ2n) is 3.32. The van der Waals surface area contributed by atoms with Crippen LogP contribution in [0.3, 0.4) is 0 Å². The van der Waals surface area contributed by atoms with E-state index in [1.54, 1.807) is 17.4 Å². The van der Waals surface area contributed by atoms with E-state index >= 15 is 0 Å². The molecule has 2 heterocycles. The molecule has 0 radical (unpaired) electrons. The second kappa shape index (κ2) is 4.36. The topological polar surface area (TPSA) is 68.3 Å². The summed E-state index contributed by atoms with van der Waals surface area (Å²) in [5.74, 6) is 0.330. The molecule has 0 fully saturated rings. The third kappa shape index (κ3) is 2.22. The van der Waals surface area contributed by atoms with Gasteiger partial charge in [0.25, 0.3) is 0 Å². The lowest BCUT2D eigenvalue weighted by Crippen LogP contribution is -1.97. The van der Waals surface area contributed by atoms with Crippen molar-refractivity contribution in [2.24, 2.45) is 0 Å². The molecule has 0 aliphatic carbocycles. The first-order chi connectivity index (χ1) is 7.66. The van der Waals surface area contributed by atoms with Crippen molar-refractivity contribution in [3.63, 3.8) is 0 Å². The average Bonchev–Trinajstić information content (AvgIpc) is 2.83. The van der Waals surface area contributed by atoms with Gasteiger partial charge in [-0.3, -0.25) is 10.1 Å². The number of nitrogens with one attached hydrogen (secondary N) is 1. The maximum atomic E-state index is 10.4. The number of rotatable bonds is 4. The van der Waals surface area contributed by atoms with Crippen LogP contribution in [0, 0.1) is 17.0 Å². The van der Waals surface area contributed by atoms with Crippen molar-refractivity contribution < 1.29 is 9.34 Å². The van der Waals surface area contributed by atoms with Crippen LogP contribution in [0.15, 0.2) is 27.3 Å². The zero-order valence-electron chi connectivity index (χ0n) is 8.60. The Morgan fingerprint density at radius 2 is 2.31 bits per heavy atom. The Balaban J connectivity index is 2.00. The molecule has 0 bridgehead atoms. The molecule has 0 atom stereocenters. The van der Waals surface area contributed by atoms with Crippen LogP contribution < -0.4 is 5.32 Å². The number of anilines is 1. The van der Waals surface area contributed by atoms with Crippen molar-refractivity contribution in [1.29, 1.82) is 0 Å². The van der Waals surface area contributed by atoms with Gasteiger partial charge in [0, 0.05) is 11.1 Å². The fourth-order valence-corrected chi connectivity index (χ4v) is 2.09. The normalized spacial score (nSPS) is 10.3. The number of furan rings is 1. The van der Waals surface area contributed by atoms with Gasteiger partial charge in [-0.15, -0.1) is 11.3 Å². The fourth-order valence-electron chi connectivity index (χ4n) is 1.28. The number of hydrogen-bond donors (Lipinski definition) is 1. The summed E-state index contributed by atoms with van der Waals surface area (Å²) in [5, 5.41) is 17.6. The maximum Gasteiger partial charge on any atom is 0.433 e. The van der Waals surface area contributed by atoms with Gasteiger partial charge in [0.05, 0.1) is 12.6 Å². The molecule has 84 valence electrons. The molecule has 6 heteroatoms. The summed E-state index contributed by atoms with van der Waals surface area (Å²) in [6, 6.07) is 2.96. The monoisotopic (exact) mass is 238 g/mol. The van der Waals surface area contributed by atoms with E-state index in [9.17, 15) is 10.1 Å². The molecule has 0 spiro atoms. The predicted octanol–water partition coefficient (Wildman–Crippen LogP) is 3.17. The summed E-state index contributed by atoms with van der Waals surface area (Å²) < 4.78 is 5.03. The van der Waals surface area contributed by atoms with E-state index in [1.807, 2.05) is 17.7 Å². The Morgan fingerprint density at radius 1 is 1.50 bits per heavy atom. The average molecular weight is 238 g/mol. The van der Waals surface area contributed by atoms with Gasteiger partial charge in [-0.05, 0) is 23.9 Å². The van der Waals surface area contributed by atoms with Gasteiger partial charge in [0.15, 0.2) is 0 Å². The molecule has 2 aromatic rings. The van der Waals surface area contributed by atoms with Crippen molar-refractivity contribution in [2.75, 3.05) is 5.32 Å². The molecular weight excluding hydrogens is 228 g/mol. The zero-order valence-corrected chi connectivity index (χ0v) is 9.41. The molecule has 0 unspecified atom stereocenters. The summed E-state index contributed by atoms with van der Waals surface area (Å²) in [7, 11) is 0. The quantitative estimate of drug-likeness (QED) is 0.656. The Morgan fingerprint density at radius 3 is 2.88 bits per heavy atom. The summed E-state index contributed by atoms with van der Waals surface area (Å²) in [5.41, 5.74) is 2.19. The minimum atomic E-state index is -0.542. The van der Waals surface area contributed by atoms with Crippen molar-refractivity contribution in [3.05, 3.63) is 44.3 Å². The Hall–Kier alpha value is -1.82. The summed E-state index contributed by atoms with van der Waals surface area (Å²) in [6.45, 7) is 2.45. The minimum absolute atomic E-state index is 0.223. The highest BCUT2D eigenvalue weighted by molar-refractivity contribution is 7.08. The molecule has 0 saturated heterocycles. The highest BCUT2D eigenvalue weighted by Gasteiger charge is 2.11. The molecule has 2 rings (SSSR count). The van der Waals surface area contributed by atoms with Gasteiger partial charge >= 0.3 is 5.88 Å². The number of nitrogens with zero attached hydrogens (tertiary/aromatic N) is 1. The smallest absolute Gasteiger partial charge is 0.404 e. The van der Waals surface area contributed by atoms with E-state index in [2.05, 4.69) is 5.32 Å². The molecular formula is C10H10N2O3S. The van der Waals surface area contributed by atoms with Gasteiger partial charge < -0.3 is 9.73 Å². The van der Waals surface area contributed by atoms with Gasteiger partial charge in [-0.1, -0.05) is 0 Å². The third-order valence-corrected chi connectivity index (χ3v) is 3.00. The first kappa shape index (κ1) is 10.7. The summed E-state index contributed by atoms with van der Waals surface area (Å²) >= 11 is 1.61. The SMILES string of the molecule is Cc1cscc1NCc1ccc([N+](=O)[O-])o1. The Labute approximate surface area is 95.9 Å². The largest absolute Gasteiger partial charge is 0.433 e. The van der Waals surface area contributed by atoms with Crippen molar-refractivity contribution >= 4 is 22.9 Å². The first-order valence-electron chi connectivity index (χ1n) is 4.66. The van der Waals surface area contributed by atoms with Crippen LogP contribution in [0.1, 0.15) is 11.3 Å². The van der Waals surface area contributed by atoms with Gasteiger partial charge in [0.2, 0.25) is 0 Å². The van der Waals surface area contributed by atoms with E-state index in [1.165, 1.54) is 6.07 Å². The van der Waals surface area contributed by atoms with Crippen LogP contribution in [0.25, 0.3) is 0 Å². The standard InChI is InChI=1S/C10H10N2O3S/c1-7-5-16-6-9(7)11-4-8-2-3-10(15-8)12(13)14/h2-3,5-6,11H,4H2,1H3. The molecule has 0 aliphatic heterocycles. The molecule has 1 N–H and O–H groups in total. The van der Waals surface area contributed by atoms with Gasteiger partial charge in [-0.25, -0.2) is 0 Å². The van der Waals surface area contributed by atoms with E-state index in [4.69, 9.17) is 4.42 Å². The van der Waals surface area contributed by atoms with Crippen molar-refractivity contribution in [1.82, 2.24) is 0 Å². The summed E-state index contributed by atoms with van der Waals surface area (Å²) in [6.07, 6.45) is 0. The number of thiophene rings is 1. The van der Waals surface area contributed by atoms with E-state index in [-0.39, 0.29) is 5.88 Å². The molecule has 0 aromatic carbocycles. The lowest BCUT2D eigenvalue weighted by atomic mass is 10.3. The van der Waals surface area contributed by atoms with Crippen LogP contribution in [0.4, 0.5) is 11.6 Å². The second-order valence-corrected chi connectivity index (χ2v) is 4.06. The van der Waals surface area contributed by atoms with Crippen LogP contribution in [-0.4, -0.2) is 4.92 Å². The van der Waals surface area contributed by atoms with Crippen LogP contribution >= 0.6 is 11.3 Å². The zero-order chi connectivity index (χ0) is 11.5. The van der Waals surface area contributed by atoms with Crippen LogP contribution in [-0.2, 0) is 6.54 Å². The third-order valence-electron chi connectivity index (χ3n) is 2.14. The van der Waals surface area contributed by atoms with Gasteiger partial charge in [0.1, 0.15) is 10.7 Å². The molecule has 5 nitrogen and oxygen atoms in total. The molecule has 0 saturated carbocycles. The van der Waals surface area contributed by atoms with Crippen LogP contribution in [0.5, 0.6) is 0 Å². The Kier molecular flexibility index (Phi) is 2.91. The van der Waals surface area contributed by atoms with E-state index in [0.29, 0.717) is 12.3 Å². The number of hydrogen-bond acceptors (Lipinski definition) is 5. The number of aryl methyl sites for hydroxylation is 1. The van der Waals surface area contributed by atoms with Crippen molar-refractivity contribution in [3.8, 4) is 0 Å². The van der Waals surface area contributed by atoms with E-state index in [0.717, 1.165) is 11.3 Å². The maximum absolute atomic E-state index is 10.4. The molecule has 0 aliphatic rings. The summed E-state index contributed by atoms with van der Waals surface area (Å²) in [4.78, 5) is 9.85. The fraction of sp³-hybridized carbons (Fsp3) is 0.200. The highest BCUT2D eigenvalue weighted by atomic mass is 32.1. The first-order valence-corrected chi connectivity index (χ1v) is 5.61. The van der Waals surface area contributed by atoms with E-state index < -0.39 is 4.92 Å². The van der Waals surface area contributed by atoms with Crippen LogP contribution in [0.2, 0.25) is 0 Å². The van der Waals surface area contributed by atoms with Crippen molar-refractivity contribution in [2.45, 2.75) is 13.5 Å². The number of nitro groups is 1. The predicted molar refractivity (Wildman–Crippen MR) is 61.7 cm³/mol. The highest BCUT2D eigenvalue weighted by Crippen LogP contribution is 2.21. The van der Waals surface area contributed by atoms with Gasteiger partial charge in [-0.2, -0.15) is 0 Å². The molecule has 0 amide bonds. The lowest BCUT2D eigenvalue weighted by Gasteiger charge is -2.01.